The molecule has 2 N–H and O–H groups in total. The zero-order chi connectivity index (χ0) is 18.9. The summed E-state index contributed by atoms with van der Waals surface area (Å²) in [5, 5.41) is 8.79. The fourth-order valence-electron chi connectivity index (χ4n) is 3.64. The van der Waals surface area contributed by atoms with Crippen molar-refractivity contribution in [1.29, 1.82) is 0 Å². The molecule has 0 aliphatic carbocycles. The first-order chi connectivity index (χ1) is 12.3. The number of carbonyl (C=O) groups excluding carboxylic acids is 2. The van der Waals surface area contributed by atoms with E-state index in [1.165, 1.54) is 0 Å². The molecular weight excluding hydrogens is 336 g/mol. The van der Waals surface area contributed by atoms with Crippen molar-refractivity contribution < 1.29 is 24.3 Å². The van der Waals surface area contributed by atoms with E-state index in [9.17, 15) is 9.59 Å². The first-order valence-corrected chi connectivity index (χ1v) is 8.95. The van der Waals surface area contributed by atoms with Crippen molar-refractivity contribution in [2.75, 3.05) is 13.2 Å². The Hall–Kier alpha value is -2.12. The molecular formula is C19H26N2O5. The van der Waals surface area contributed by atoms with Crippen molar-refractivity contribution in [2.45, 2.75) is 51.8 Å². The van der Waals surface area contributed by atoms with E-state index in [1.807, 2.05) is 25.7 Å². The number of ether oxygens (including phenoxy) is 2. The number of fused-ring (bicyclic) bond motifs is 1. The number of hydrogen-bond donors (Lipinski definition) is 2. The molecule has 1 saturated heterocycles. The van der Waals surface area contributed by atoms with Gasteiger partial charge in [-0.2, -0.15) is 0 Å². The minimum Gasteiger partial charge on any atom is -0.491 e. The number of benzene rings is 1. The molecule has 2 amide bonds. The van der Waals surface area contributed by atoms with E-state index < -0.39 is 5.91 Å². The topological polar surface area (TPSA) is 88.1 Å². The summed E-state index contributed by atoms with van der Waals surface area (Å²) in [4.78, 5) is 26.6. The van der Waals surface area contributed by atoms with Gasteiger partial charge in [0.25, 0.3) is 5.91 Å². The van der Waals surface area contributed by atoms with Crippen LogP contribution in [-0.2, 0) is 16.1 Å². The van der Waals surface area contributed by atoms with Crippen LogP contribution in [0.15, 0.2) is 18.2 Å². The minimum absolute atomic E-state index is 0.0535. The number of hydroxylamine groups is 1. The largest absolute Gasteiger partial charge is 0.491 e. The van der Waals surface area contributed by atoms with Crippen LogP contribution >= 0.6 is 0 Å². The highest BCUT2D eigenvalue weighted by atomic mass is 16.5. The summed E-state index contributed by atoms with van der Waals surface area (Å²) in [6.07, 6.45) is 1.44. The Morgan fingerprint density at radius 2 is 2.12 bits per heavy atom. The Bertz CT molecular complexity index is 703. The normalized spacial score (nSPS) is 24.8. The number of nitrogens with one attached hydrogen (secondary N) is 1. The molecule has 1 aromatic carbocycles. The Morgan fingerprint density at radius 3 is 2.81 bits per heavy atom. The van der Waals surface area contributed by atoms with Crippen molar-refractivity contribution in [1.82, 2.24) is 10.4 Å². The van der Waals surface area contributed by atoms with Gasteiger partial charge >= 0.3 is 0 Å². The molecule has 26 heavy (non-hydrogen) atoms. The molecule has 7 nitrogen and oxygen atoms in total. The second kappa shape index (κ2) is 7.25. The maximum absolute atomic E-state index is 13.2. The summed E-state index contributed by atoms with van der Waals surface area (Å²) >= 11 is 0. The highest BCUT2D eigenvalue weighted by Gasteiger charge is 2.37. The Kier molecular flexibility index (Phi) is 5.20. The molecule has 0 bridgehead atoms. The third-order valence-electron chi connectivity index (χ3n) is 5.11. The van der Waals surface area contributed by atoms with Gasteiger partial charge in [-0.05, 0) is 45.7 Å². The number of hydrogen-bond acceptors (Lipinski definition) is 5. The van der Waals surface area contributed by atoms with Gasteiger partial charge in [0.2, 0.25) is 5.91 Å². The second-order valence-electron chi connectivity index (χ2n) is 7.69. The van der Waals surface area contributed by atoms with Gasteiger partial charge in [-0.1, -0.05) is 6.07 Å². The summed E-state index contributed by atoms with van der Waals surface area (Å²) in [6.45, 7) is 7.40. The maximum atomic E-state index is 13.2. The van der Waals surface area contributed by atoms with Crippen LogP contribution in [0.5, 0.6) is 5.75 Å². The average Bonchev–Trinajstić information content (AvgIpc) is 2.78. The van der Waals surface area contributed by atoms with Crippen LogP contribution in [0.2, 0.25) is 0 Å². The summed E-state index contributed by atoms with van der Waals surface area (Å²) in [6, 6.07) is 4.91. The van der Waals surface area contributed by atoms with Crippen molar-refractivity contribution in [2.24, 2.45) is 5.92 Å². The van der Waals surface area contributed by atoms with Gasteiger partial charge in [-0.15, -0.1) is 0 Å². The van der Waals surface area contributed by atoms with Gasteiger partial charge in [0, 0.05) is 30.2 Å². The van der Waals surface area contributed by atoms with Crippen molar-refractivity contribution in [3.8, 4) is 5.75 Å². The fraction of sp³-hybridized carbons (Fsp3) is 0.579. The summed E-state index contributed by atoms with van der Waals surface area (Å²) in [7, 11) is 0. The zero-order valence-electron chi connectivity index (χ0n) is 15.4. The molecule has 2 heterocycles. The highest BCUT2D eigenvalue weighted by Crippen LogP contribution is 2.33. The van der Waals surface area contributed by atoms with Crippen molar-refractivity contribution in [3.05, 3.63) is 29.3 Å². The number of amides is 2. The summed E-state index contributed by atoms with van der Waals surface area (Å²) in [5.74, 6) is 0.0521. The molecule has 2 atom stereocenters. The number of rotatable bonds is 2. The van der Waals surface area contributed by atoms with E-state index in [-0.39, 0.29) is 23.5 Å². The molecule has 0 unspecified atom stereocenters. The van der Waals surface area contributed by atoms with Gasteiger partial charge in [0.1, 0.15) is 12.4 Å². The lowest BCUT2D eigenvalue weighted by atomic mass is 9.87. The minimum atomic E-state index is -0.592. The van der Waals surface area contributed by atoms with E-state index >= 15 is 0 Å². The quantitative estimate of drug-likeness (QED) is 0.621. The molecule has 2 aliphatic heterocycles. The van der Waals surface area contributed by atoms with Crippen molar-refractivity contribution >= 4 is 11.8 Å². The second-order valence-corrected chi connectivity index (χ2v) is 7.69. The first-order valence-electron chi connectivity index (χ1n) is 8.95. The van der Waals surface area contributed by atoms with Crippen LogP contribution in [0.1, 0.15) is 49.5 Å². The van der Waals surface area contributed by atoms with Gasteiger partial charge in [0.15, 0.2) is 0 Å². The van der Waals surface area contributed by atoms with Crippen LogP contribution in [0.4, 0.5) is 0 Å². The molecule has 142 valence electrons. The van der Waals surface area contributed by atoms with Gasteiger partial charge in [0.05, 0.1) is 11.6 Å². The Morgan fingerprint density at radius 1 is 1.35 bits per heavy atom. The molecule has 1 fully saturated rings. The van der Waals surface area contributed by atoms with E-state index in [4.69, 9.17) is 14.7 Å². The summed E-state index contributed by atoms with van der Waals surface area (Å²) < 4.78 is 11.6. The van der Waals surface area contributed by atoms with Gasteiger partial charge < -0.3 is 14.4 Å². The molecule has 3 rings (SSSR count). The highest BCUT2D eigenvalue weighted by molar-refractivity contribution is 5.93. The molecule has 0 radical (unpaired) electrons. The van der Waals surface area contributed by atoms with Crippen LogP contribution < -0.4 is 10.2 Å². The van der Waals surface area contributed by atoms with E-state index in [0.717, 1.165) is 12.0 Å². The predicted molar refractivity (Wildman–Crippen MR) is 94.0 cm³/mol. The number of carbonyl (C=O) groups is 2. The lowest BCUT2D eigenvalue weighted by Crippen LogP contribution is -2.47. The Balaban J connectivity index is 1.81. The molecule has 0 aromatic heterocycles. The molecule has 0 spiro atoms. The van der Waals surface area contributed by atoms with E-state index in [2.05, 4.69) is 0 Å². The van der Waals surface area contributed by atoms with E-state index in [1.54, 1.807) is 23.7 Å². The smallest absolute Gasteiger partial charge is 0.274 e. The van der Waals surface area contributed by atoms with Crippen molar-refractivity contribution in [3.63, 3.8) is 0 Å². The third kappa shape index (κ3) is 3.83. The van der Waals surface area contributed by atoms with Crippen LogP contribution in [0.3, 0.4) is 0 Å². The molecule has 1 aromatic rings. The fourth-order valence-corrected chi connectivity index (χ4v) is 3.64. The SMILES string of the molecule is C[C@H]1COc2cc(C(=O)NO)ccc2CN1C(=O)[C@H]1CCOC(C)(C)C1. The van der Waals surface area contributed by atoms with Gasteiger partial charge in [-0.3, -0.25) is 14.8 Å². The molecule has 2 aliphatic rings. The average molecular weight is 362 g/mol. The lowest BCUT2D eigenvalue weighted by Gasteiger charge is -2.38. The lowest BCUT2D eigenvalue weighted by molar-refractivity contribution is -0.148. The van der Waals surface area contributed by atoms with Gasteiger partial charge in [-0.25, -0.2) is 5.48 Å². The van der Waals surface area contributed by atoms with Crippen LogP contribution in [-0.4, -0.2) is 46.8 Å². The third-order valence-corrected chi connectivity index (χ3v) is 5.11. The zero-order valence-corrected chi connectivity index (χ0v) is 15.4. The maximum Gasteiger partial charge on any atom is 0.274 e. The van der Waals surface area contributed by atoms with Crippen LogP contribution in [0.25, 0.3) is 0 Å². The standard InChI is InChI=1S/C19H26N2O5/c1-12-11-25-16-8-13(17(22)20-24)4-5-15(16)10-21(12)18(23)14-6-7-26-19(2,3)9-14/h4-5,8,12,14,24H,6-7,9-11H2,1-3H3,(H,20,22)/t12-,14-/m0/s1. The predicted octanol–water partition coefficient (Wildman–Crippen LogP) is 2.12. The first kappa shape index (κ1) is 18.7. The Labute approximate surface area is 153 Å². The number of nitrogens with zero attached hydrogens (tertiary/aromatic N) is 1. The molecule has 0 saturated carbocycles. The van der Waals surface area contributed by atoms with Crippen LogP contribution in [0, 0.1) is 5.92 Å². The van der Waals surface area contributed by atoms with E-state index in [0.29, 0.717) is 37.5 Å². The monoisotopic (exact) mass is 362 g/mol. The molecule has 7 heteroatoms. The summed E-state index contributed by atoms with van der Waals surface area (Å²) in [5.41, 5.74) is 2.50.